The molecular weight excluding hydrogens is 288 g/mol. The van der Waals surface area contributed by atoms with Gasteiger partial charge in [-0.15, -0.1) is 0 Å². The molecule has 5 nitrogen and oxygen atoms in total. The van der Waals surface area contributed by atoms with Gasteiger partial charge in [-0.1, -0.05) is 19.1 Å². The minimum absolute atomic E-state index is 0.119. The minimum Gasteiger partial charge on any atom is -0.338 e. The van der Waals surface area contributed by atoms with Crippen molar-refractivity contribution in [3.05, 3.63) is 39.9 Å². The maximum Gasteiger partial charge on any atom is 0.282 e. The SMILES string of the molecule is CCS[C@H]1CC[C@H](N(C)C(=O)c2ccccc2[N+](=O)[O-])C1. The number of carbonyl (C=O) groups excluding carboxylic acids is 1. The van der Waals surface area contributed by atoms with Crippen molar-refractivity contribution >= 4 is 23.4 Å². The van der Waals surface area contributed by atoms with Crippen molar-refractivity contribution in [1.82, 2.24) is 4.90 Å². The molecule has 1 aromatic rings. The second-order valence-corrected chi connectivity index (χ2v) is 6.81. The third-order valence-electron chi connectivity index (χ3n) is 3.96. The van der Waals surface area contributed by atoms with Gasteiger partial charge in [0.05, 0.1) is 4.92 Å². The number of benzene rings is 1. The predicted octanol–water partition coefficient (Wildman–Crippen LogP) is 3.34. The number of rotatable bonds is 5. The van der Waals surface area contributed by atoms with Crippen LogP contribution in [0.5, 0.6) is 0 Å². The molecule has 1 amide bonds. The molecule has 0 saturated heterocycles. The second kappa shape index (κ2) is 6.93. The number of nitro benzene ring substituents is 1. The van der Waals surface area contributed by atoms with E-state index in [-0.39, 0.29) is 23.2 Å². The van der Waals surface area contributed by atoms with Crippen LogP contribution in [-0.2, 0) is 0 Å². The van der Waals surface area contributed by atoms with Crippen molar-refractivity contribution in [3.8, 4) is 0 Å². The average Bonchev–Trinajstić information content (AvgIpc) is 2.94. The Bertz CT molecular complexity index is 535. The number of amides is 1. The summed E-state index contributed by atoms with van der Waals surface area (Å²) in [6.07, 6.45) is 3.06. The van der Waals surface area contributed by atoms with Gasteiger partial charge in [-0.2, -0.15) is 11.8 Å². The molecule has 2 rings (SSSR count). The largest absolute Gasteiger partial charge is 0.338 e. The molecule has 0 spiro atoms. The lowest BCUT2D eigenvalue weighted by atomic mass is 10.1. The third kappa shape index (κ3) is 3.56. The monoisotopic (exact) mass is 308 g/mol. The van der Waals surface area contributed by atoms with Crippen molar-refractivity contribution in [2.75, 3.05) is 12.8 Å². The summed E-state index contributed by atoms with van der Waals surface area (Å²) >= 11 is 1.93. The van der Waals surface area contributed by atoms with Crippen LogP contribution in [0, 0.1) is 10.1 Å². The van der Waals surface area contributed by atoms with Crippen LogP contribution < -0.4 is 0 Å². The van der Waals surface area contributed by atoms with Crippen molar-refractivity contribution < 1.29 is 9.72 Å². The Morgan fingerprint density at radius 3 is 2.81 bits per heavy atom. The Balaban J connectivity index is 2.12. The van der Waals surface area contributed by atoms with Gasteiger partial charge >= 0.3 is 0 Å². The fourth-order valence-electron chi connectivity index (χ4n) is 2.83. The van der Waals surface area contributed by atoms with Crippen LogP contribution in [0.25, 0.3) is 0 Å². The number of carbonyl (C=O) groups is 1. The van der Waals surface area contributed by atoms with Crippen LogP contribution in [0.2, 0.25) is 0 Å². The first kappa shape index (κ1) is 15.8. The van der Waals surface area contributed by atoms with Gasteiger partial charge in [0.1, 0.15) is 5.56 Å². The van der Waals surface area contributed by atoms with Crippen molar-refractivity contribution in [1.29, 1.82) is 0 Å². The van der Waals surface area contributed by atoms with Crippen molar-refractivity contribution in [2.45, 2.75) is 37.5 Å². The quantitative estimate of drug-likeness (QED) is 0.618. The van der Waals surface area contributed by atoms with Gasteiger partial charge in [0.15, 0.2) is 0 Å². The van der Waals surface area contributed by atoms with Gasteiger partial charge in [-0.3, -0.25) is 14.9 Å². The van der Waals surface area contributed by atoms with E-state index in [1.165, 1.54) is 12.1 Å². The van der Waals surface area contributed by atoms with Gasteiger partial charge in [0.2, 0.25) is 0 Å². The number of hydrogen-bond donors (Lipinski definition) is 0. The van der Waals surface area contributed by atoms with Crippen LogP contribution in [0.4, 0.5) is 5.69 Å². The molecule has 0 unspecified atom stereocenters. The van der Waals surface area contributed by atoms with E-state index in [2.05, 4.69) is 6.92 Å². The number of hydrogen-bond acceptors (Lipinski definition) is 4. The van der Waals surface area contributed by atoms with Crippen LogP contribution in [0.3, 0.4) is 0 Å². The highest BCUT2D eigenvalue weighted by Gasteiger charge is 2.32. The Morgan fingerprint density at radius 2 is 2.14 bits per heavy atom. The molecule has 0 heterocycles. The molecule has 0 N–H and O–H groups in total. The standard InChI is InChI=1S/C15H20N2O3S/c1-3-21-12-9-8-11(10-12)16(2)15(18)13-6-4-5-7-14(13)17(19)20/h4-7,11-12H,3,8-10H2,1-2H3/t11-,12-/m0/s1. The van der Waals surface area contributed by atoms with Gasteiger partial charge in [0.25, 0.3) is 11.6 Å². The fourth-order valence-corrected chi connectivity index (χ4v) is 3.96. The van der Waals surface area contributed by atoms with E-state index >= 15 is 0 Å². The fraction of sp³-hybridized carbons (Fsp3) is 0.533. The minimum atomic E-state index is -0.495. The molecule has 0 radical (unpaired) electrons. The molecule has 0 aliphatic heterocycles. The Morgan fingerprint density at radius 1 is 1.43 bits per heavy atom. The molecule has 1 aliphatic rings. The molecule has 0 bridgehead atoms. The lowest BCUT2D eigenvalue weighted by molar-refractivity contribution is -0.385. The van der Waals surface area contributed by atoms with E-state index in [0.29, 0.717) is 5.25 Å². The topological polar surface area (TPSA) is 63.5 Å². The highest BCUT2D eigenvalue weighted by Crippen LogP contribution is 2.33. The maximum absolute atomic E-state index is 12.5. The van der Waals surface area contributed by atoms with Gasteiger partial charge in [-0.25, -0.2) is 0 Å². The molecule has 1 saturated carbocycles. The first-order valence-electron chi connectivity index (χ1n) is 7.16. The summed E-state index contributed by atoms with van der Waals surface area (Å²) in [7, 11) is 1.75. The van der Waals surface area contributed by atoms with Crippen LogP contribution in [0.1, 0.15) is 36.5 Å². The predicted molar refractivity (Wildman–Crippen MR) is 84.7 cm³/mol. The van der Waals surface area contributed by atoms with Gasteiger partial charge in [0, 0.05) is 24.4 Å². The Kier molecular flexibility index (Phi) is 5.22. The summed E-state index contributed by atoms with van der Waals surface area (Å²) < 4.78 is 0. The molecule has 1 aliphatic carbocycles. The lowest BCUT2D eigenvalue weighted by Crippen LogP contribution is -2.36. The van der Waals surface area contributed by atoms with Gasteiger partial charge < -0.3 is 4.90 Å². The van der Waals surface area contributed by atoms with Crippen molar-refractivity contribution in [3.63, 3.8) is 0 Å². The van der Waals surface area contributed by atoms with Crippen LogP contribution >= 0.6 is 11.8 Å². The summed E-state index contributed by atoms with van der Waals surface area (Å²) in [5, 5.41) is 11.6. The first-order valence-corrected chi connectivity index (χ1v) is 8.21. The number of thioether (sulfide) groups is 1. The molecule has 1 fully saturated rings. The molecule has 1 aromatic carbocycles. The molecule has 6 heteroatoms. The summed E-state index contributed by atoms with van der Waals surface area (Å²) in [5.74, 6) is 0.827. The average molecular weight is 308 g/mol. The zero-order valence-electron chi connectivity index (χ0n) is 12.3. The van der Waals surface area contributed by atoms with Crippen LogP contribution in [0.15, 0.2) is 24.3 Å². The highest BCUT2D eigenvalue weighted by molar-refractivity contribution is 7.99. The zero-order chi connectivity index (χ0) is 15.4. The van der Waals surface area contributed by atoms with E-state index < -0.39 is 4.92 Å². The Hall–Kier alpha value is -1.56. The van der Waals surface area contributed by atoms with Crippen LogP contribution in [-0.4, -0.2) is 39.8 Å². The molecular formula is C15H20N2O3S. The summed E-state index contributed by atoms with van der Waals surface area (Å²) in [6.45, 7) is 2.14. The summed E-state index contributed by atoms with van der Waals surface area (Å²) in [5.41, 5.74) is 0.0587. The summed E-state index contributed by atoms with van der Waals surface area (Å²) in [6, 6.07) is 6.34. The second-order valence-electron chi connectivity index (χ2n) is 5.23. The normalized spacial score (nSPS) is 21.2. The molecule has 21 heavy (non-hydrogen) atoms. The maximum atomic E-state index is 12.5. The molecule has 2 atom stereocenters. The Labute approximate surface area is 128 Å². The van der Waals surface area contributed by atoms with E-state index in [4.69, 9.17) is 0 Å². The van der Waals surface area contributed by atoms with Crippen molar-refractivity contribution in [2.24, 2.45) is 0 Å². The van der Waals surface area contributed by atoms with E-state index in [1.54, 1.807) is 24.1 Å². The summed E-state index contributed by atoms with van der Waals surface area (Å²) in [4.78, 5) is 24.8. The molecule has 114 valence electrons. The van der Waals surface area contributed by atoms with Gasteiger partial charge in [-0.05, 0) is 31.1 Å². The first-order chi connectivity index (χ1) is 10.0. The lowest BCUT2D eigenvalue weighted by Gasteiger charge is -2.24. The molecule has 0 aromatic heterocycles. The van der Waals surface area contributed by atoms with E-state index in [0.717, 1.165) is 25.0 Å². The number of nitro groups is 1. The third-order valence-corrected chi connectivity index (χ3v) is 5.19. The smallest absolute Gasteiger partial charge is 0.282 e. The highest BCUT2D eigenvalue weighted by atomic mass is 32.2. The van der Waals surface area contributed by atoms with E-state index in [9.17, 15) is 14.9 Å². The van der Waals surface area contributed by atoms with E-state index in [1.807, 2.05) is 11.8 Å². The number of para-hydroxylation sites is 1. The number of nitrogens with zero attached hydrogens (tertiary/aromatic N) is 2. The zero-order valence-corrected chi connectivity index (χ0v) is 13.1.